The minimum Gasteiger partial charge on any atom is -0.497 e. The van der Waals surface area contributed by atoms with Crippen molar-refractivity contribution in [1.82, 2.24) is 5.32 Å². The standard InChI is InChI=1S/C18H14N4O6/c1-28-14-7-5-12(6-8-14)21-17(24)15(16(23)20-18(21)25)10-19-11-3-2-4-13(9-11)22(26)27/h2-10,15H,1H3,(H,20,23,25)/t15-/m0/s1. The van der Waals surface area contributed by atoms with Crippen molar-refractivity contribution in [3.8, 4) is 5.75 Å². The maximum absolute atomic E-state index is 12.7. The highest BCUT2D eigenvalue weighted by Crippen LogP contribution is 2.24. The van der Waals surface area contributed by atoms with E-state index in [9.17, 15) is 24.5 Å². The molecule has 10 heteroatoms. The van der Waals surface area contributed by atoms with Crippen molar-refractivity contribution in [2.24, 2.45) is 10.9 Å². The van der Waals surface area contributed by atoms with Crippen LogP contribution in [0, 0.1) is 16.0 Å². The van der Waals surface area contributed by atoms with Gasteiger partial charge < -0.3 is 4.74 Å². The fraction of sp³-hybridized carbons (Fsp3) is 0.111. The van der Waals surface area contributed by atoms with Crippen LogP contribution in [-0.2, 0) is 9.59 Å². The number of barbiturate groups is 1. The number of rotatable bonds is 5. The molecular formula is C18H14N4O6. The lowest BCUT2D eigenvalue weighted by Gasteiger charge is -2.28. The molecule has 1 N–H and O–H groups in total. The van der Waals surface area contributed by atoms with Gasteiger partial charge in [-0.2, -0.15) is 0 Å². The first-order valence-electron chi connectivity index (χ1n) is 8.02. The number of non-ortho nitro benzene ring substituents is 1. The number of nitro groups is 1. The molecule has 142 valence electrons. The number of ether oxygens (including phenoxy) is 1. The number of benzene rings is 2. The number of urea groups is 1. The van der Waals surface area contributed by atoms with Crippen molar-refractivity contribution < 1.29 is 24.0 Å². The first-order chi connectivity index (χ1) is 13.4. The highest BCUT2D eigenvalue weighted by atomic mass is 16.6. The summed E-state index contributed by atoms with van der Waals surface area (Å²) >= 11 is 0. The van der Waals surface area contributed by atoms with Crippen molar-refractivity contribution in [1.29, 1.82) is 0 Å². The van der Waals surface area contributed by atoms with Crippen LogP contribution in [0.3, 0.4) is 0 Å². The number of carbonyl (C=O) groups is 3. The third-order valence-electron chi connectivity index (χ3n) is 3.95. The maximum atomic E-state index is 12.7. The molecule has 0 saturated carbocycles. The summed E-state index contributed by atoms with van der Waals surface area (Å²) in [5.41, 5.74) is 0.274. The van der Waals surface area contributed by atoms with E-state index in [0.717, 1.165) is 11.1 Å². The monoisotopic (exact) mass is 382 g/mol. The van der Waals surface area contributed by atoms with Gasteiger partial charge in [0.25, 0.3) is 11.6 Å². The number of nitrogens with one attached hydrogen (secondary N) is 1. The Bertz CT molecular complexity index is 986. The zero-order chi connectivity index (χ0) is 20.3. The molecule has 1 aliphatic rings. The molecule has 1 atom stereocenters. The van der Waals surface area contributed by atoms with E-state index < -0.39 is 28.7 Å². The number of nitrogens with zero attached hydrogens (tertiary/aromatic N) is 3. The number of hydrogen-bond acceptors (Lipinski definition) is 7. The Morgan fingerprint density at radius 2 is 1.89 bits per heavy atom. The molecule has 4 amide bonds. The summed E-state index contributed by atoms with van der Waals surface area (Å²) < 4.78 is 5.04. The molecule has 1 heterocycles. The van der Waals surface area contributed by atoms with Crippen LogP contribution in [0.15, 0.2) is 53.5 Å². The van der Waals surface area contributed by atoms with E-state index in [1.165, 1.54) is 43.5 Å². The molecule has 0 spiro atoms. The van der Waals surface area contributed by atoms with Crippen molar-refractivity contribution in [3.05, 3.63) is 58.6 Å². The fourth-order valence-electron chi connectivity index (χ4n) is 2.55. The van der Waals surface area contributed by atoms with Gasteiger partial charge in [-0.05, 0) is 30.3 Å². The molecule has 28 heavy (non-hydrogen) atoms. The van der Waals surface area contributed by atoms with Crippen LogP contribution >= 0.6 is 0 Å². The molecule has 2 aromatic carbocycles. The van der Waals surface area contributed by atoms with Crippen molar-refractivity contribution in [3.63, 3.8) is 0 Å². The van der Waals surface area contributed by atoms with Gasteiger partial charge in [0.05, 0.1) is 23.4 Å². The molecule has 0 aromatic heterocycles. The van der Waals surface area contributed by atoms with Crippen LogP contribution in [0.2, 0.25) is 0 Å². The van der Waals surface area contributed by atoms with Gasteiger partial charge in [-0.25, -0.2) is 9.69 Å². The molecule has 0 radical (unpaired) electrons. The zero-order valence-corrected chi connectivity index (χ0v) is 14.6. The van der Waals surface area contributed by atoms with E-state index in [2.05, 4.69) is 10.3 Å². The van der Waals surface area contributed by atoms with Crippen LogP contribution in [0.4, 0.5) is 21.9 Å². The lowest BCUT2D eigenvalue weighted by Crippen LogP contribution is -2.58. The maximum Gasteiger partial charge on any atom is 0.335 e. The van der Waals surface area contributed by atoms with Gasteiger partial charge in [0.1, 0.15) is 5.75 Å². The Labute approximate surface area is 158 Å². The molecule has 0 bridgehead atoms. The second-order valence-electron chi connectivity index (χ2n) is 5.70. The van der Waals surface area contributed by atoms with Crippen LogP contribution in [-0.4, -0.2) is 36.1 Å². The van der Waals surface area contributed by atoms with Crippen molar-refractivity contribution in [2.75, 3.05) is 12.0 Å². The predicted octanol–water partition coefficient (Wildman–Crippen LogP) is 2.20. The van der Waals surface area contributed by atoms with E-state index in [0.29, 0.717) is 5.75 Å². The SMILES string of the molecule is COc1ccc(N2C(=O)NC(=O)[C@H](C=Nc3cccc([N+](=O)[O-])c3)C2=O)cc1. The molecule has 0 unspecified atom stereocenters. The van der Waals surface area contributed by atoms with Crippen LogP contribution in [0.1, 0.15) is 0 Å². The third-order valence-corrected chi connectivity index (χ3v) is 3.95. The van der Waals surface area contributed by atoms with Crippen molar-refractivity contribution >= 4 is 41.1 Å². The second kappa shape index (κ2) is 7.66. The van der Waals surface area contributed by atoms with Crippen LogP contribution in [0.25, 0.3) is 0 Å². The van der Waals surface area contributed by atoms with Gasteiger partial charge in [-0.3, -0.25) is 30.0 Å². The summed E-state index contributed by atoms with van der Waals surface area (Å²) in [6, 6.07) is 10.7. The molecule has 1 aliphatic heterocycles. The normalized spacial score (nSPS) is 17.0. The molecule has 3 rings (SSSR count). The predicted molar refractivity (Wildman–Crippen MR) is 98.8 cm³/mol. The fourth-order valence-corrected chi connectivity index (χ4v) is 2.55. The summed E-state index contributed by atoms with van der Waals surface area (Å²) in [5, 5.41) is 12.9. The van der Waals surface area contributed by atoms with E-state index in [1.807, 2.05) is 0 Å². The molecule has 0 aliphatic carbocycles. The third kappa shape index (κ3) is 3.70. The highest BCUT2D eigenvalue weighted by molar-refractivity contribution is 6.32. The number of nitro benzene ring substituents is 1. The minimum absolute atomic E-state index is 0.177. The lowest BCUT2D eigenvalue weighted by atomic mass is 10.1. The topological polar surface area (TPSA) is 131 Å². The van der Waals surface area contributed by atoms with Gasteiger partial charge in [-0.15, -0.1) is 0 Å². The van der Waals surface area contributed by atoms with Crippen molar-refractivity contribution in [2.45, 2.75) is 0 Å². The Morgan fingerprint density at radius 3 is 2.54 bits per heavy atom. The first kappa shape index (κ1) is 18.7. The highest BCUT2D eigenvalue weighted by Gasteiger charge is 2.40. The van der Waals surface area contributed by atoms with Gasteiger partial charge in [0.15, 0.2) is 5.92 Å². The van der Waals surface area contributed by atoms with Gasteiger partial charge in [0.2, 0.25) is 5.91 Å². The summed E-state index contributed by atoms with van der Waals surface area (Å²) in [4.78, 5) is 52.0. The summed E-state index contributed by atoms with van der Waals surface area (Å²) in [6.45, 7) is 0. The number of carbonyl (C=O) groups excluding carboxylic acids is 3. The van der Waals surface area contributed by atoms with E-state index >= 15 is 0 Å². The molecule has 1 saturated heterocycles. The molecular weight excluding hydrogens is 368 g/mol. The van der Waals surface area contributed by atoms with E-state index in [1.54, 1.807) is 12.1 Å². The Morgan fingerprint density at radius 1 is 1.18 bits per heavy atom. The first-order valence-corrected chi connectivity index (χ1v) is 8.02. The number of amides is 4. The quantitative estimate of drug-likeness (QED) is 0.365. The van der Waals surface area contributed by atoms with E-state index in [-0.39, 0.29) is 17.1 Å². The van der Waals surface area contributed by atoms with Gasteiger partial charge >= 0.3 is 6.03 Å². The van der Waals surface area contributed by atoms with Crippen LogP contribution < -0.4 is 15.0 Å². The Balaban J connectivity index is 1.87. The average Bonchev–Trinajstić information content (AvgIpc) is 2.68. The summed E-state index contributed by atoms with van der Waals surface area (Å²) in [5.74, 6) is -2.44. The van der Waals surface area contributed by atoms with Gasteiger partial charge in [-0.1, -0.05) is 6.07 Å². The van der Waals surface area contributed by atoms with Gasteiger partial charge in [0, 0.05) is 18.3 Å². The molecule has 1 fully saturated rings. The number of aliphatic imine (C=N–C) groups is 1. The number of imide groups is 2. The lowest BCUT2D eigenvalue weighted by molar-refractivity contribution is -0.384. The average molecular weight is 382 g/mol. The Hall–Kier alpha value is -4.08. The molecule has 2 aromatic rings. The zero-order valence-electron chi connectivity index (χ0n) is 14.6. The summed E-state index contributed by atoms with van der Waals surface area (Å²) in [7, 11) is 1.48. The minimum atomic E-state index is -1.36. The summed E-state index contributed by atoms with van der Waals surface area (Å²) in [6.07, 6.45) is 1.06. The second-order valence-corrected chi connectivity index (χ2v) is 5.70. The number of anilines is 1. The largest absolute Gasteiger partial charge is 0.497 e. The van der Waals surface area contributed by atoms with E-state index in [4.69, 9.17) is 4.74 Å². The number of hydrogen-bond donors (Lipinski definition) is 1. The smallest absolute Gasteiger partial charge is 0.335 e. The Kier molecular flexibility index (Phi) is 5.12. The van der Waals surface area contributed by atoms with Crippen LogP contribution in [0.5, 0.6) is 5.75 Å². The number of methoxy groups -OCH3 is 1. The molecule has 10 nitrogen and oxygen atoms in total.